The number of benzene rings is 1. The number of aromatic nitrogens is 2. The molecule has 1 aliphatic carbocycles. The van der Waals surface area contributed by atoms with Crippen LogP contribution in [0.25, 0.3) is 0 Å². The number of pyridine rings is 2. The fourth-order valence-electron chi connectivity index (χ4n) is 4.01. The quantitative estimate of drug-likeness (QED) is 0.324. The van der Waals surface area contributed by atoms with Crippen LogP contribution in [0, 0.1) is 0 Å². The highest BCUT2D eigenvalue weighted by Crippen LogP contribution is 2.30. The van der Waals surface area contributed by atoms with Crippen LogP contribution in [-0.2, 0) is 4.74 Å². The van der Waals surface area contributed by atoms with Crippen molar-refractivity contribution in [3.8, 4) is 11.5 Å². The number of nitrogens with zero attached hydrogens (tertiary/aromatic N) is 2. The molecule has 0 bridgehead atoms. The smallest absolute Gasteiger partial charge is 0.277 e. The molecule has 0 unspecified atom stereocenters. The van der Waals surface area contributed by atoms with Gasteiger partial charge in [-0.2, -0.15) is 0 Å². The Labute approximate surface area is 225 Å². The fraction of sp³-hybridized carbons (Fsp3) is 0.333. The molecular weight excluding hydrogens is 510 g/mol. The van der Waals surface area contributed by atoms with Crippen molar-refractivity contribution in [3.05, 3.63) is 71.1 Å². The van der Waals surface area contributed by atoms with Crippen molar-refractivity contribution < 1.29 is 23.8 Å². The first-order valence-corrected chi connectivity index (χ1v) is 12.7. The number of nitrogens with two attached hydrogens (primary N) is 1. The molecule has 2 amide bonds. The summed E-state index contributed by atoms with van der Waals surface area (Å²) >= 11 is 5.86. The lowest BCUT2D eigenvalue weighted by Crippen LogP contribution is -2.32. The van der Waals surface area contributed by atoms with Gasteiger partial charge >= 0.3 is 0 Å². The molecule has 1 saturated carbocycles. The Bertz CT molecular complexity index is 1250. The Morgan fingerprint density at radius 1 is 1.03 bits per heavy atom. The number of anilines is 2. The zero-order valence-corrected chi connectivity index (χ0v) is 21.7. The minimum Gasteiger partial charge on any atom is -0.491 e. The predicted octanol–water partition coefficient (Wildman–Crippen LogP) is 4.31. The minimum absolute atomic E-state index is 0.0286. The van der Waals surface area contributed by atoms with Crippen LogP contribution in [0.3, 0.4) is 0 Å². The van der Waals surface area contributed by atoms with E-state index < -0.39 is 11.8 Å². The van der Waals surface area contributed by atoms with Crippen LogP contribution in [0.15, 0.2) is 54.9 Å². The Morgan fingerprint density at radius 2 is 1.84 bits per heavy atom. The second-order valence-electron chi connectivity index (χ2n) is 8.82. The lowest BCUT2D eigenvalue weighted by molar-refractivity contribution is 0.101. The van der Waals surface area contributed by atoms with Gasteiger partial charge in [0.1, 0.15) is 23.9 Å². The lowest BCUT2D eigenvalue weighted by atomic mass is 9.93. The van der Waals surface area contributed by atoms with Gasteiger partial charge in [0.05, 0.1) is 29.0 Å². The molecule has 10 nitrogen and oxygen atoms in total. The number of amides is 2. The van der Waals surface area contributed by atoms with Crippen LogP contribution in [0.1, 0.15) is 46.5 Å². The van der Waals surface area contributed by atoms with Crippen molar-refractivity contribution in [2.45, 2.75) is 37.8 Å². The van der Waals surface area contributed by atoms with E-state index in [4.69, 9.17) is 31.5 Å². The predicted molar refractivity (Wildman–Crippen MR) is 144 cm³/mol. The van der Waals surface area contributed by atoms with Crippen molar-refractivity contribution in [1.29, 1.82) is 0 Å². The van der Waals surface area contributed by atoms with Crippen molar-refractivity contribution in [3.63, 3.8) is 0 Å². The maximum absolute atomic E-state index is 13.4. The zero-order chi connectivity index (χ0) is 26.9. The fourth-order valence-corrected chi connectivity index (χ4v) is 4.12. The molecular formula is C27H30ClN5O5. The summed E-state index contributed by atoms with van der Waals surface area (Å²) in [5.74, 6) is 0.251. The molecule has 200 valence electrons. The molecule has 0 spiro atoms. The molecule has 4 rings (SSSR count). The topological polar surface area (TPSA) is 138 Å². The third kappa shape index (κ3) is 7.41. The highest BCUT2D eigenvalue weighted by molar-refractivity contribution is 6.30. The van der Waals surface area contributed by atoms with E-state index in [1.807, 2.05) is 0 Å². The second kappa shape index (κ2) is 13.2. The molecule has 0 aliphatic heterocycles. The average Bonchev–Trinajstić information content (AvgIpc) is 2.92. The van der Waals surface area contributed by atoms with Gasteiger partial charge in [0, 0.05) is 31.6 Å². The van der Waals surface area contributed by atoms with E-state index in [0.29, 0.717) is 41.1 Å². The van der Waals surface area contributed by atoms with E-state index in [1.54, 1.807) is 49.6 Å². The number of ether oxygens (including phenoxy) is 3. The van der Waals surface area contributed by atoms with Crippen LogP contribution in [0.5, 0.6) is 11.5 Å². The summed E-state index contributed by atoms with van der Waals surface area (Å²) in [6, 6.07) is 11.6. The largest absolute Gasteiger partial charge is 0.491 e. The zero-order valence-electron chi connectivity index (χ0n) is 21.0. The van der Waals surface area contributed by atoms with Gasteiger partial charge in [-0.25, -0.2) is 9.97 Å². The van der Waals surface area contributed by atoms with Gasteiger partial charge in [0.15, 0.2) is 5.69 Å². The van der Waals surface area contributed by atoms with E-state index in [0.717, 1.165) is 25.7 Å². The molecule has 4 N–H and O–H groups in total. The number of rotatable bonds is 10. The molecule has 2 heterocycles. The van der Waals surface area contributed by atoms with Crippen LogP contribution in [0.2, 0.25) is 5.02 Å². The summed E-state index contributed by atoms with van der Waals surface area (Å²) in [5, 5.41) is 5.89. The molecule has 0 atom stereocenters. The van der Waals surface area contributed by atoms with Crippen LogP contribution < -0.4 is 25.8 Å². The van der Waals surface area contributed by atoms with Crippen molar-refractivity contribution in [2.75, 3.05) is 31.0 Å². The monoisotopic (exact) mass is 539 g/mol. The number of methoxy groups -OCH3 is 1. The normalized spacial score (nSPS) is 16.9. The van der Waals surface area contributed by atoms with Crippen molar-refractivity contribution in [1.82, 2.24) is 9.97 Å². The highest BCUT2D eigenvalue weighted by Gasteiger charge is 2.24. The SMILES string of the molecule is COCCOc1ccc(C(=O)Nc2cccnc2C(=O)Nc2ccc(Cl)cn2)c(O[C@H]2CC[C@@H](N)CC2)c1. The number of nitrogens with one attached hydrogen (secondary N) is 2. The van der Waals surface area contributed by atoms with Crippen LogP contribution in [0.4, 0.5) is 11.5 Å². The molecule has 1 aliphatic rings. The molecule has 3 aromatic rings. The second-order valence-corrected chi connectivity index (χ2v) is 9.26. The third-order valence-electron chi connectivity index (χ3n) is 6.01. The molecule has 1 fully saturated rings. The Morgan fingerprint density at radius 3 is 2.58 bits per heavy atom. The number of carbonyl (C=O) groups is 2. The molecule has 2 aromatic heterocycles. The van der Waals surface area contributed by atoms with E-state index in [9.17, 15) is 9.59 Å². The lowest BCUT2D eigenvalue weighted by Gasteiger charge is -2.27. The Hall–Kier alpha value is -3.73. The number of hydrogen-bond donors (Lipinski definition) is 3. The van der Waals surface area contributed by atoms with E-state index in [1.165, 1.54) is 12.4 Å². The van der Waals surface area contributed by atoms with Gasteiger partial charge in [-0.05, 0) is 62.1 Å². The van der Waals surface area contributed by atoms with Crippen molar-refractivity contribution in [2.24, 2.45) is 5.73 Å². The summed E-state index contributed by atoms with van der Waals surface area (Å²) < 4.78 is 17.0. The van der Waals surface area contributed by atoms with E-state index >= 15 is 0 Å². The first kappa shape index (κ1) is 27.3. The first-order chi connectivity index (χ1) is 18.4. The minimum atomic E-state index is -0.535. The summed E-state index contributed by atoms with van der Waals surface area (Å²) in [6.45, 7) is 0.784. The van der Waals surface area contributed by atoms with Gasteiger partial charge in [0.25, 0.3) is 11.8 Å². The third-order valence-corrected chi connectivity index (χ3v) is 6.23. The summed E-state index contributed by atoms with van der Waals surface area (Å²) in [7, 11) is 1.60. The number of hydrogen-bond acceptors (Lipinski definition) is 8. The van der Waals surface area contributed by atoms with Gasteiger partial charge in [-0.15, -0.1) is 0 Å². The Kier molecular flexibility index (Phi) is 9.47. The number of halogens is 1. The molecule has 0 saturated heterocycles. The van der Waals surface area contributed by atoms with E-state index in [-0.39, 0.29) is 23.5 Å². The number of carbonyl (C=O) groups excluding carboxylic acids is 2. The van der Waals surface area contributed by atoms with Crippen molar-refractivity contribution >= 4 is 34.9 Å². The average molecular weight is 540 g/mol. The van der Waals surface area contributed by atoms with E-state index in [2.05, 4.69) is 20.6 Å². The molecule has 0 radical (unpaired) electrons. The van der Waals surface area contributed by atoms with Gasteiger partial charge < -0.3 is 30.6 Å². The van der Waals surface area contributed by atoms with Gasteiger partial charge in [-0.1, -0.05) is 11.6 Å². The maximum Gasteiger partial charge on any atom is 0.277 e. The maximum atomic E-state index is 13.4. The summed E-state index contributed by atoms with van der Waals surface area (Å²) in [6.07, 6.45) is 6.11. The van der Waals surface area contributed by atoms with Crippen LogP contribution >= 0.6 is 11.6 Å². The molecule has 11 heteroatoms. The van der Waals surface area contributed by atoms with Gasteiger partial charge in [-0.3, -0.25) is 9.59 Å². The standard InChI is InChI=1S/C27H30ClN5O5/c1-36-13-14-37-20-9-10-21(23(15-20)38-19-7-5-18(29)6-8-19)26(34)32-22-3-2-12-30-25(22)27(35)33-24-11-4-17(28)16-31-24/h2-4,9-12,15-16,18-19H,5-8,13-14,29H2,1H3,(H,32,34)(H,31,33,35)/t18-,19+. The highest BCUT2D eigenvalue weighted by atomic mass is 35.5. The van der Waals surface area contributed by atoms with Gasteiger partial charge in [0.2, 0.25) is 0 Å². The van der Waals surface area contributed by atoms with Crippen LogP contribution in [-0.4, -0.2) is 54.3 Å². The summed E-state index contributed by atoms with van der Waals surface area (Å²) in [5.41, 5.74) is 6.60. The first-order valence-electron chi connectivity index (χ1n) is 12.3. The molecule has 1 aromatic carbocycles. The Balaban J connectivity index is 1.54. The summed E-state index contributed by atoms with van der Waals surface area (Å²) in [4.78, 5) is 34.5. The molecule has 38 heavy (non-hydrogen) atoms.